The number of benzene rings is 1. The third-order valence-corrected chi connectivity index (χ3v) is 2.70. The largest absolute Gasteiger partial charge is 0.409 e. The summed E-state index contributed by atoms with van der Waals surface area (Å²) in [6, 6.07) is 5.54. The molecule has 0 atom stereocenters. The minimum atomic E-state index is -0.363. The summed E-state index contributed by atoms with van der Waals surface area (Å²) in [6.45, 7) is 3.91. The molecule has 0 spiro atoms. The number of pyridine rings is 1. The zero-order valence-corrected chi connectivity index (χ0v) is 9.61. The fourth-order valence-electron chi connectivity index (χ4n) is 1.92. The van der Waals surface area contributed by atoms with E-state index in [2.05, 4.69) is 10.1 Å². The quantitative estimate of drug-likeness (QED) is 0.298. The predicted molar refractivity (Wildman–Crippen MR) is 66.6 cm³/mol. The average molecular weight is 231 g/mol. The van der Waals surface area contributed by atoms with Crippen molar-refractivity contribution in [3.63, 3.8) is 0 Å². The third kappa shape index (κ3) is 1.87. The van der Waals surface area contributed by atoms with E-state index >= 15 is 0 Å². The number of aromatic amines is 1. The van der Waals surface area contributed by atoms with E-state index in [1.807, 2.05) is 26.0 Å². The molecule has 0 aliphatic rings. The summed E-state index contributed by atoms with van der Waals surface area (Å²) in [4.78, 5) is 14.5. The fraction of sp³-hybridized carbons (Fsp3) is 0.167. The molecule has 5 heteroatoms. The summed E-state index contributed by atoms with van der Waals surface area (Å²) in [7, 11) is 0. The molecule has 0 fully saturated rings. The van der Waals surface area contributed by atoms with Crippen molar-refractivity contribution < 1.29 is 5.21 Å². The SMILES string of the molecule is Cc1cc(C)c2cc(/C(N)=N\O)c(=O)[nH]c2c1. The third-order valence-electron chi connectivity index (χ3n) is 2.70. The zero-order chi connectivity index (χ0) is 12.6. The molecule has 0 aliphatic heterocycles. The topological polar surface area (TPSA) is 91.5 Å². The first-order valence-corrected chi connectivity index (χ1v) is 5.15. The van der Waals surface area contributed by atoms with Crippen LogP contribution in [0.5, 0.6) is 0 Å². The molecule has 0 amide bonds. The van der Waals surface area contributed by atoms with Crippen molar-refractivity contribution in [2.24, 2.45) is 10.9 Å². The standard InChI is InChI=1S/C12H13N3O2/c1-6-3-7(2)8-5-9(11(13)15-17)12(16)14-10(8)4-6/h3-5,17H,1-2H3,(H2,13,15)(H,14,16). The number of oxime groups is 1. The Morgan fingerprint density at radius 3 is 2.71 bits per heavy atom. The highest BCUT2D eigenvalue weighted by molar-refractivity contribution is 6.00. The molecule has 1 heterocycles. The van der Waals surface area contributed by atoms with Crippen LogP contribution in [0.2, 0.25) is 0 Å². The molecule has 4 N–H and O–H groups in total. The Kier molecular flexibility index (Phi) is 2.59. The van der Waals surface area contributed by atoms with Crippen LogP contribution in [0.25, 0.3) is 10.9 Å². The normalized spacial score (nSPS) is 12.0. The van der Waals surface area contributed by atoms with Crippen LogP contribution in [-0.4, -0.2) is 16.0 Å². The van der Waals surface area contributed by atoms with Gasteiger partial charge in [0.1, 0.15) is 0 Å². The lowest BCUT2D eigenvalue weighted by molar-refractivity contribution is 0.318. The minimum Gasteiger partial charge on any atom is -0.409 e. The summed E-state index contributed by atoms with van der Waals surface area (Å²) in [5.41, 5.74) is 8.11. The Balaban J connectivity index is 2.86. The first kappa shape index (κ1) is 11.2. The molecule has 0 unspecified atom stereocenters. The molecular weight excluding hydrogens is 218 g/mol. The van der Waals surface area contributed by atoms with Gasteiger partial charge in [0.25, 0.3) is 5.56 Å². The molecule has 1 aromatic heterocycles. The highest BCUT2D eigenvalue weighted by atomic mass is 16.4. The van der Waals surface area contributed by atoms with Crippen LogP contribution in [0.15, 0.2) is 28.1 Å². The van der Waals surface area contributed by atoms with Crippen LogP contribution in [0.4, 0.5) is 0 Å². The Labute approximate surface area is 97.6 Å². The van der Waals surface area contributed by atoms with E-state index in [9.17, 15) is 4.79 Å². The van der Waals surface area contributed by atoms with Crippen molar-refractivity contribution in [1.82, 2.24) is 4.98 Å². The summed E-state index contributed by atoms with van der Waals surface area (Å²) >= 11 is 0. The van der Waals surface area contributed by atoms with Gasteiger partial charge in [0, 0.05) is 10.9 Å². The monoisotopic (exact) mass is 231 g/mol. The van der Waals surface area contributed by atoms with Crippen molar-refractivity contribution in [2.45, 2.75) is 13.8 Å². The van der Waals surface area contributed by atoms with Crippen molar-refractivity contribution in [2.75, 3.05) is 0 Å². The van der Waals surface area contributed by atoms with E-state index in [0.717, 1.165) is 22.0 Å². The van der Waals surface area contributed by atoms with Crippen molar-refractivity contribution in [3.05, 3.63) is 45.2 Å². The lowest BCUT2D eigenvalue weighted by Crippen LogP contribution is -2.24. The highest BCUT2D eigenvalue weighted by Crippen LogP contribution is 2.18. The number of nitrogens with two attached hydrogens (primary N) is 1. The summed E-state index contributed by atoms with van der Waals surface area (Å²) in [5, 5.41) is 12.3. The number of nitrogens with zero attached hydrogens (tertiary/aromatic N) is 1. The maximum Gasteiger partial charge on any atom is 0.259 e. The number of fused-ring (bicyclic) bond motifs is 1. The first-order valence-electron chi connectivity index (χ1n) is 5.15. The second-order valence-electron chi connectivity index (χ2n) is 4.04. The van der Waals surface area contributed by atoms with E-state index in [1.165, 1.54) is 0 Å². The van der Waals surface area contributed by atoms with Gasteiger partial charge in [0.15, 0.2) is 5.84 Å². The van der Waals surface area contributed by atoms with Crippen molar-refractivity contribution in [3.8, 4) is 0 Å². The molecule has 5 nitrogen and oxygen atoms in total. The van der Waals surface area contributed by atoms with Gasteiger partial charge in [-0.25, -0.2) is 0 Å². The molecule has 0 radical (unpaired) electrons. The number of nitrogens with one attached hydrogen (secondary N) is 1. The van der Waals surface area contributed by atoms with Gasteiger partial charge < -0.3 is 15.9 Å². The number of hydrogen-bond donors (Lipinski definition) is 3. The molecule has 0 bridgehead atoms. The van der Waals surface area contributed by atoms with Gasteiger partial charge in [-0.15, -0.1) is 0 Å². The summed E-state index contributed by atoms with van der Waals surface area (Å²) in [6.07, 6.45) is 0. The number of rotatable bonds is 1. The molecule has 1 aromatic carbocycles. The Hall–Kier alpha value is -2.30. The predicted octanol–water partition coefficient (Wildman–Crippen LogP) is 1.24. The van der Waals surface area contributed by atoms with Gasteiger partial charge in [0.05, 0.1) is 5.56 Å². The van der Waals surface area contributed by atoms with Crippen LogP contribution in [0.3, 0.4) is 0 Å². The Bertz CT molecular complexity index is 671. The minimum absolute atomic E-state index is 0.173. The molecule has 88 valence electrons. The maximum absolute atomic E-state index is 11.7. The van der Waals surface area contributed by atoms with Gasteiger partial charge >= 0.3 is 0 Å². The maximum atomic E-state index is 11.7. The van der Waals surface area contributed by atoms with E-state index < -0.39 is 0 Å². The number of amidine groups is 1. The van der Waals surface area contributed by atoms with Crippen LogP contribution in [-0.2, 0) is 0 Å². The van der Waals surface area contributed by atoms with Crippen LogP contribution >= 0.6 is 0 Å². The molecule has 0 aliphatic carbocycles. The lowest BCUT2D eigenvalue weighted by atomic mass is 10.0. The number of aryl methyl sites for hydroxylation is 2. The second kappa shape index (κ2) is 3.93. The molecule has 0 saturated heterocycles. The average Bonchev–Trinajstić information content (AvgIpc) is 2.27. The van der Waals surface area contributed by atoms with Crippen LogP contribution in [0.1, 0.15) is 16.7 Å². The Morgan fingerprint density at radius 1 is 1.35 bits per heavy atom. The van der Waals surface area contributed by atoms with Crippen LogP contribution < -0.4 is 11.3 Å². The summed E-state index contributed by atoms with van der Waals surface area (Å²) < 4.78 is 0. The summed E-state index contributed by atoms with van der Waals surface area (Å²) in [5.74, 6) is -0.187. The van der Waals surface area contributed by atoms with Gasteiger partial charge in [-0.1, -0.05) is 11.2 Å². The molecule has 2 aromatic rings. The van der Waals surface area contributed by atoms with Gasteiger partial charge in [-0.3, -0.25) is 4.79 Å². The highest BCUT2D eigenvalue weighted by Gasteiger charge is 2.08. The zero-order valence-electron chi connectivity index (χ0n) is 9.61. The molecule has 0 saturated carbocycles. The van der Waals surface area contributed by atoms with Crippen molar-refractivity contribution >= 4 is 16.7 Å². The van der Waals surface area contributed by atoms with Gasteiger partial charge in [-0.2, -0.15) is 0 Å². The number of aromatic nitrogens is 1. The molecular formula is C12H13N3O2. The molecule has 17 heavy (non-hydrogen) atoms. The first-order chi connectivity index (χ1) is 8.02. The fourth-order valence-corrected chi connectivity index (χ4v) is 1.92. The smallest absolute Gasteiger partial charge is 0.259 e. The Morgan fingerprint density at radius 2 is 2.06 bits per heavy atom. The molecule has 2 rings (SSSR count). The van der Waals surface area contributed by atoms with Crippen molar-refractivity contribution in [1.29, 1.82) is 0 Å². The van der Waals surface area contributed by atoms with Gasteiger partial charge in [0.2, 0.25) is 0 Å². The van der Waals surface area contributed by atoms with E-state index in [0.29, 0.717) is 0 Å². The number of H-pyrrole nitrogens is 1. The van der Waals surface area contributed by atoms with Crippen LogP contribution in [0, 0.1) is 13.8 Å². The lowest BCUT2D eigenvalue weighted by Gasteiger charge is -2.06. The van der Waals surface area contributed by atoms with E-state index in [4.69, 9.17) is 10.9 Å². The van der Waals surface area contributed by atoms with E-state index in [-0.39, 0.29) is 17.0 Å². The number of hydrogen-bond acceptors (Lipinski definition) is 3. The second-order valence-corrected chi connectivity index (χ2v) is 4.04. The van der Waals surface area contributed by atoms with Gasteiger partial charge in [-0.05, 0) is 37.1 Å². The van der Waals surface area contributed by atoms with E-state index in [1.54, 1.807) is 6.07 Å².